The smallest absolute Gasteiger partial charge is 0.335 e. The van der Waals surface area contributed by atoms with Crippen LogP contribution in [0.15, 0.2) is 41.2 Å². The quantitative estimate of drug-likeness (QED) is 0.373. The number of nitrogens with zero attached hydrogens (tertiary/aromatic N) is 3. The summed E-state index contributed by atoms with van der Waals surface area (Å²) in [5, 5.41) is 14.7. The van der Waals surface area contributed by atoms with E-state index in [1.165, 1.54) is 0 Å². The molecule has 36 heavy (non-hydrogen) atoms. The van der Waals surface area contributed by atoms with Gasteiger partial charge in [0.25, 0.3) is 0 Å². The van der Waals surface area contributed by atoms with Gasteiger partial charge in [-0.3, -0.25) is 4.98 Å². The molecule has 3 aromatic rings. The number of hydrogen-bond donors (Lipinski definition) is 1. The molecule has 2 aromatic heterocycles. The molecule has 186 valence electrons. The number of carbonyl (C=O) groups is 1. The number of aromatic carboxylic acids is 1. The van der Waals surface area contributed by atoms with Gasteiger partial charge in [-0.15, -0.1) is 0 Å². The number of rotatable bonds is 7. The van der Waals surface area contributed by atoms with Crippen LogP contribution in [0.3, 0.4) is 0 Å². The molecule has 1 N–H and O–H groups in total. The lowest BCUT2D eigenvalue weighted by atomic mass is 9.57. The summed E-state index contributed by atoms with van der Waals surface area (Å²) in [6.07, 6.45) is 11.9. The predicted molar refractivity (Wildman–Crippen MR) is 138 cm³/mol. The molecule has 0 radical (unpaired) electrons. The van der Waals surface area contributed by atoms with Gasteiger partial charge in [0.05, 0.1) is 22.7 Å². The summed E-state index contributed by atoms with van der Waals surface area (Å²) in [5.74, 6) is 1.38. The maximum absolute atomic E-state index is 11.5. The number of carboxylic acid groups (broad SMARTS) is 1. The van der Waals surface area contributed by atoms with Gasteiger partial charge in [-0.2, -0.15) is 0 Å². The second kappa shape index (κ2) is 8.82. The Morgan fingerprint density at radius 1 is 1.19 bits per heavy atom. The molecule has 1 aliphatic heterocycles. The van der Waals surface area contributed by atoms with Gasteiger partial charge >= 0.3 is 5.97 Å². The van der Waals surface area contributed by atoms with Crippen LogP contribution < -0.4 is 9.64 Å². The zero-order valence-corrected chi connectivity index (χ0v) is 21.2. The minimum atomic E-state index is -0.952. The third-order valence-corrected chi connectivity index (χ3v) is 8.08. The second-order valence-electron chi connectivity index (χ2n) is 10.2. The first-order valence-electron chi connectivity index (χ1n) is 12.0. The minimum absolute atomic E-state index is 0.241. The van der Waals surface area contributed by atoms with Crippen molar-refractivity contribution in [1.82, 2.24) is 10.1 Å². The maximum Gasteiger partial charge on any atom is 0.335 e. The summed E-state index contributed by atoms with van der Waals surface area (Å²) < 4.78 is 11.0. The number of hydrogen-bond acceptors (Lipinski definition) is 6. The molecule has 6 rings (SSSR count). The largest absolute Gasteiger partial charge is 0.497 e. The number of halogens is 2. The van der Waals surface area contributed by atoms with Crippen molar-refractivity contribution in [3.8, 4) is 17.0 Å². The maximum atomic E-state index is 11.5. The SMILES string of the molecule is COc1cc(C(=O)O)cc(N2CC3(CC(C=Cc4c(-c5c(Cl)cncc5Cl)noc4C4CC4)C3)C2)c1. The van der Waals surface area contributed by atoms with Crippen molar-refractivity contribution in [2.75, 3.05) is 25.1 Å². The number of anilines is 1. The Labute approximate surface area is 218 Å². The van der Waals surface area contributed by atoms with E-state index in [-0.39, 0.29) is 11.0 Å². The van der Waals surface area contributed by atoms with Crippen LogP contribution >= 0.6 is 23.2 Å². The third-order valence-electron chi connectivity index (χ3n) is 7.51. The lowest BCUT2D eigenvalue weighted by Crippen LogP contribution is -2.62. The summed E-state index contributed by atoms with van der Waals surface area (Å²) in [5.41, 5.74) is 3.69. The van der Waals surface area contributed by atoms with Crippen molar-refractivity contribution < 1.29 is 19.2 Å². The molecule has 3 fully saturated rings. The highest BCUT2D eigenvalue weighted by Crippen LogP contribution is 2.54. The van der Waals surface area contributed by atoms with Gasteiger partial charge in [0.1, 0.15) is 17.2 Å². The molecule has 0 atom stereocenters. The van der Waals surface area contributed by atoms with E-state index in [2.05, 4.69) is 27.2 Å². The van der Waals surface area contributed by atoms with E-state index in [0.29, 0.717) is 38.9 Å². The van der Waals surface area contributed by atoms with Crippen LogP contribution in [0.5, 0.6) is 5.75 Å². The molecule has 1 saturated heterocycles. The second-order valence-corrected chi connectivity index (χ2v) is 11.0. The zero-order chi connectivity index (χ0) is 25.0. The normalized spacial score (nSPS) is 18.9. The Morgan fingerprint density at radius 3 is 2.56 bits per heavy atom. The Balaban J connectivity index is 1.16. The number of methoxy groups -OCH3 is 1. The molecule has 0 unspecified atom stereocenters. The van der Waals surface area contributed by atoms with Gasteiger partial charge in [0.2, 0.25) is 0 Å². The highest BCUT2D eigenvalue weighted by molar-refractivity contribution is 6.39. The highest BCUT2D eigenvalue weighted by atomic mass is 35.5. The van der Waals surface area contributed by atoms with E-state index in [4.69, 9.17) is 32.5 Å². The summed E-state index contributed by atoms with van der Waals surface area (Å²) in [4.78, 5) is 17.7. The monoisotopic (exact) mass is 525 g/mol. The highest BCUT2D eigenvalue weighted by Gasteiger charge is 2.51. The van der Waals surface area contributed by atoms with Gasteiger partial charge in [-0.1, -0.05) is 40.5 Å². The van der Waals surface area contributed by atoms with Crippen molar-refractivity contribution in [1.29, 1.82) is 0 Å². The molecule has 0 amide bonds. The minimum Gasteiger partial charge on any atom is -0.497 e. The Hall–Kier alpha value is -3.03. The lowest BCUT2D eigenvalue weighted by molar-refractivity contribution is 0.0485. The van der Waals surface area contributed by atoms with Crippen molar-refractivity contribution in [2.45, 2.75) is 31.6 Å². The van der Waals surface area contributed by atoms with Crippen LogP contribution in [0.2, 0.25) is 10.0 Å². The van der Waals surface area contributed by atoms with Gasteiger partial charge in [0.15, 0.2) is 0 Å². The third kappa shape index (κ3) is 4.14. The number of allylic oxidation sites excluding steroid dienone is 1. The Morgan fingerprint density at radius 2 is 1.92 bits per heavy atom. The van der Waals surface area contributed by atoms with E-state index in [0.717, 1.165) is 55.8 Å². The van der Waals surface area contributed by atoms with Gasteiger partial charge in [-0.25, -0.2) is 4.79 Å². The first-order valence-corrected chi connectivity index (χ1v) is 12.8. The average Bonchev–Trinajstić information content (AvgIpc) is 3.57. The molecule has 7 nitrogen and oxygen atoms in total. The van der Waals surface area contributed by atoms with Crippen LogP contribution in [-0.4, -0.2) is 41.4 Å². The van der Waals surface area contributed by atoms with E-state index < -0.39 is 5.97 Å². The Kier molecular flexibility index (Phi) is 5.73. The molecule has 2 aliphatic carbocycles. The van der Waals surface area contributed by atoms with Crippen molar-refractivity contribution in [3.05, 3.63) is 63.6 Å². The fourth-order valence-corrected chi connectivity index (χ4v) is 6.10. The number of carboxylic acids is 1. The lowest BCUT2D eigenvalue weighted by Gasteiger charge is -2.59. The summed E-state index contributed by atoms with van der Waals surface area (Å²) in [6, 6.07) is 5.17. The van der Waals surface area contributed by atoms with E-state index in [9.17, 15) is 9.90 Å². The molecule has 3 heterocycles. The number of aromatic nitrogens is 2. The van der Waals surface area contributed by atoms with Crippen LogP contribution in [0.1, 0.15) is 53.3 Å². The van der Waals surface area contributed by atoms with Gasteiger partial charge in [-0.05, 0) is 43.7 Å². The first kappa shape index (κ1) is 23.4. The van der Waals surface area contributed by atoms with Crippen molar-refractivity contribution in [3.63, 3.8) is 0 Å². The van der Waals surface area contributed by atoms with Crippen LogP contribution in [0, 0.1) is 11.3 Å². The standard InChI is InChI=1S/C27H25Cl2N3O4/c1-35-19-7-17(26(33)34)6-18(8-19)32-13-27(14-32)9-15(10-27)2-5-20-24(31-36-25(20)16-3-4-16)23-21(28)11-30-12-22(23)29/h2,5-8,11-12,15-16H,3-4,9-10,13-14H2,1H3,(H,33,34). The fourth-order valence-electron chi connectivity index (χ4n) is 5.56. The van der Waals surface area contributed by atoms with Crippen LogP contribution in [0.25, 0.3) is 17.3 Å². The number of pyridine rings is 1. The molecular formula is C27H25Cl2N3O4. The molecule has 1 spiro atoms. The van der Waals surface area contributed by atoms with Gasteiger partial charge in [0, 0.05) is 59.7 Å². The molecule has 9 heteroatoms. The molecular weight excluding hydrogens is 501 g/mol. The van der Waals surface area contributed by atoms with E-state index in [1.807, 2.05) is 6.07 Å². The molecule has 1 aromatic carbocycles. The number of ether oxygens (including phenoxy) is 1. The first-order chi connectivity index (χ1) is 17.4. The van der Waals surface area contributed by atoms with E-state index >= 15 is 0 Å². The molecule has 2 saturated carbocycles. The Bertz CT molecular complexity index is 1350. The number of benzene rings is 1. The van der Waals surface area contributed by atoms with Crippen molar-refractivity contribution >= 4 is 40.9 Å². The van der Waals surface area contributed by atoms with Crippen LogP contribution in [0.4, 0.5) is 5.69 Å². The predicted octanol–water partition coefficient (Wildman–Crippen LogP) is 6.56. The average molecular weight is 526 g/mol. The van der Waals surface area contributed by atoms with Crippen LogP contribution in [-0.2, 0) is 0 Å². The molecule has 0 bridgehead atoms. The fraction of sp³-hybridized carbons (Fsp3) is 0.370. The molecule has 3 aliphatic rings. The summed E-state index contributed by atoms with van der Waals surface area (Å²) in [6.45, 7) is 1.83. The summed E-state index contributed by atoms with van der Waals surface area (Å²) in [7, 11) is 1.55. The topological polar surface area (TPSA) is 88.7 Å². The zero-order valence-electron chi connectivity index (χ0n) is 19.7. The van der Waals surface area contributed by atoms with E-state index in [1.54, 1.807) is 31.6 Å². The van der Waals surface area contributed by atoms with Gasteiger partial charge < -0.3 is 19.3 Å². The summed E-state index contributed by atoms with van der Waals surface area (Å²) >= 11 is 12.8. The van der Waals surface area contributed by atoms with Crippen molar-refractivity contribution in [2.24, 2.45) is 11.3 Å².